The van der Waals surface area contributed by atoms with E-state index in [0.717, 1.165) is 29.5 Å². The van der Waals surface area contributed by atoms with E-state index in [-0.39, 0.29) is 34.8 Å². The van der Waals surface area contributed by atoms with Crippen LogP contribution in [0.5, 0.6) is 11.5 Å². The minimum Gasteiger partial charge on any atom is -0.497 e. The molecule has 4 heterocycles. The lowest BCUT2D eigenvalue weighted by Gasteiger charge is -2.37. The van der Waals surface area contributed by atoms with Crippen LogP contribution in [0.1, 0.15) is 47.7 Å². The number of hydrogen-bond acceptors (Lipinski definition) is 12. The molecular formula is C46H52N5O9PS. The van der Waals surface area contributed by atoms with Crippen molar-refractivity contribution in [3.05, 3.63) is 148 Å². The summed E-state index contributed by atoms with van der Waals surface area (Å²) in [6.45, 7) is 2.48. The Kier molecular flexibility index (Phi) is 13.2. The van der Waals surface area contributed by atoms with Gasteiger partial charge >= 0.3 is 0 Å². The molecule has 0 aliphatic carbocycles. The van der Waals surface area contributed by atoms with Gasteiger partial charge in [-0.3, -0.25) is 9.36 Å². The van der Waals surface area contributed by atoms with Crippen LogP contribution >= 0.6 is 8.53 Å². The van der Waals surface area contributed by atoms with Gasteiger partial charge in [-0.15, -0.1) is 0 Å². The third kappa shape index (κ3) is 9.07. The third-order valence-corrected chi connectivity index (χ3v) is 15.1. The number of rotatable bonds is 16. The predicted octanol–water partition coefficient (Wildman–Crippen LogP) is 7.04. The summed E-state index contributed by atoms with van der Waals surface area (Å²) in [5.74, 6) is 1.43. The fourth-order valence-electron chi connectivity index (χ4n) is 8.33. The summed E-state index contributed by atoms with van der Waals surface area (Å²) in [5.41, 5.74) is 1.50. The summed E-state index contributed by atoms with van der Waals surface area (Å²) in [4.78, 5) is 23.7. The summed E-state index contributed by atoms with van der Waals surface area (Å²) in [7, 11) is 1.61. The van der Waals surface area contributed by atoms with Gasteiger partial charge in [-0.1, -0.05) is 72.8 Å². The molecule has 0 bridgehead atoms. The number of nitrogens with zero attached hydrogens (tertiary/aromatic N) is 5. The first kappa shape index (κ1) is 43.7. The van der Waals surface area contributed by atoms with E-state index >= 15 is 0 Å². The highest BCUT2D eigenvalue weighted by molar-refractivity contribution is 7.91. The number of ether oxygens (including phenoxy) is 4. The Labute approximate surface area is 363 Å². The number of aryl methyl sites for hydroxylation is 1. The minimum absolute atomic E-state index is 0.0510. The lowest BCUT2D eigenvalue weighted by molar-refractivity contribution is -0.0911. The topological polar surface area (TPSA) is 143 Å². The van der Waals surface area contributed by atoms with Crippen LogP contribution in [0.3, 0.4) is 0 Å². The van der Waals surface area contributed by atoms with Gasteiger partial charge in [-0.05, 0) is 72.9 Å². The Morgan fingerprint density at radius 2 is 1.50 bits per heavy atom. The standard InChI is InChI=1S/C46H52N5O9PS/c1-32-28-50(45(48-44(32)52)47-31-49(2)3)43-27-40(59-61-51-26-12-17-39(51)42(60-61)30-62(53,54)38-15-10-7-11-16-38)41(58-43)29-57-46(33-13-8-6-9-14-33,34-18-22-36(55-4)23-19-34)35-20-24-37(56-5)25-21-35/h6-11,13-16,18-25,28,31,39-43H,12,17,26-27,29-30H2,1-5H3/t39-,40-,41+,42+,43+,61+/m0/s1. The highest BCUT2D eigenvalue weighted by atomic mass is 32.2. The number of aliphatic imine (C=N–C) groups is 1. The Balaban J connectivity index is 1.17. The molecule has 62 heavy (non-hydrogen) atoms. The molecule has 5 aromatic rings. The zero-order valence-electron chi connectivity index (χ0n) is 35.4. The summed E-state index contributed by atoms with van der Waals surface area (Å²) in [6.07, 6.45) is 2.82. The average molecular weight is 882 g/mol. The van der Waals surface area contributed by atoms with Gasteiger partial charge in [0.05, 0.1) is 50.0 Å². The maximum atomic E-state index is 13.6. The van der Waals surface area contributed by atoms with E-state index in [1.807, 2.05) is 93.0 Å². The quantitative estimate of drug-likeness (QED) is 0.0435. The Morgan fingerprint density at radius 3 is 2.11 bits per heavy atom. The zero-order valence-corrected chi connectivity index (χ0v) is 37.2. The van der Waals surface area contributed by atoms with Crippen LogP contribution in [-0.4, -0.2) is 105 Å². The largest absolute Gasteiger partial charge is 0.497 e. The van der Waals surface area contributed by atoms with Crippen molar-refractivity contribution >= 4 is 30.7 Å². The molecule has 3 fully saturated rings. The maximum Gasteiger partial charge on any atom is 0.277 e. The highest BCUT2D eigenvalue weighted by Crippen LogP contribution is 2.58. The van der Waals surface area contributed by atoms with E-state index in [9.17, 15) is 13.2 Å². The van der Waals surface area contributed by atoms with Gasteiger partial charge in [0, 0.05) is 44.9 Å². The maximum absolute atomic E-state index is 13.6. The molecule has 0 amide bonds. The van der Waals surface area contributed by atoms with Crippen LogP contribution in [0.4, 0.5) is 5.95 Å². The van der Waals surface area contributed by atoms with Crippen LogP contribution in [0.25, 0.3) is 0 Å². The van der Waals surface area contributed by atoms with Gasteiger partial charge in [0.1, 0.15) is 29.4 Å². The lowest BCUT2D eigenvalue weighted by atomic mass is 9.80. The monoisotopic (exact) mass is 881 g/mol. The SMILES string of the molecule is COc1ccc(C(OC[C@H]2O[C@@H](n3cc(C)c(=O)nc3N=CN(C)C)C[C@@H]2O[P@]2O[C@H](CS(=O)(=O)c3ccccc3)[C@@H]3CCCN32)(c2ccccc2)c2ccc(OC)cc2)cc1. The van der Waals surface area contributed by atoms with Gasteiger partial charge in [-0.2, -0.15) is 4.98 Å². The molecule has 14 nitrogen and oxygen atoms in total. The van der Waals surface area contributed by atoms with Gasteiger partial charge in [0.15, 0.2) is 9.84 Å². The predicted molar refractivity (Wildman–Crippen MR) is 237 cm³/mol. The Bertz CT molecular complexity index is 2450. The molecule has 326 valence electrons. The van der Waals surface area contributed by atoms with Crippen molar-refractivity contribution in [1.29, 1.82) is 0 Å². The van der Waals surface area contributed by atoms with Gasteiger partial charge in [0.2, 0.25) is 5.95 Å². The molecule has 6 atom stereocenters. The number of sulfone groups is 1. The summed E-state index contributed by atoms with van der Waals surface area (Å²) < 4.78 is 70.3. The number of benzene rings is 4. The lowest BCUT2D eigenvalue weighted by Crippen LogP contribution is -2.38. The molecule has 3 aliphatic heterocycles. The Morgan fingerprint density at radius 1 is 0.887 bits per heavy atom. The minimum atomic E-state index is -3.64. The molecule has 1 aromatic heterocycles. The zero-order chi connectivity index (χ0) is 43.4. The van der Waals surface area contributed by atoms with Crippen LogP contribution in [-0.2, 0) is 34.0 Å². The molecule has 16 heteroatoms. The van der Waals surface area contributed by atoms with Crippen molar-refractivity contribution in [2.75, 3.05) is 47.2 Å². The molecule has 0 saturated carbocycles. The van der Waals surface area contributed by atoms with E-state index in [1.165, 1.54) is 0 Å². The average Bonchev–Trinajstić information content (AvgIpc) is 4.02. The normalized spacial score (nSPS) is 22.9. The van der Waals surface area contributed by atoms with Gasteiger partial charge in [0.25, 0.3) is 14.1 Å². The molecule has 3 aliphatic rings. The van der Waals surface area contributed by atoms with Crippen molar-refractivity contribution in [1.82, 2.24) is 19.1 Å². The second-order valence-corrected chi connectivity index (χ2v) is 19.3. The molecular weight excluding hydrogens is 830 g/mol. The first-order valence-electron chi connectivity index (χ1n) is 20.6. The number of fused-ring (bicyclic) bond motifs is 1. The van der Waals surface area contributed by atoms with Crippen molar-refractivity contribution in [3.63, 3.8) is 0 Å². The van der Waals surface area contributed by atoms with E-state index in [4.69, 9.17) is 28.0 Å². The van der Waals surface area contributed by atoms with Crippen molar-refractivity contribution in [2.24, 2.45) is 4.99 Å². The molecule has 0 spiro atoms. The second kappa shape index (κ2) is 18.8. The molecule has 0 radical (unpaired) electrons. The first-order valence-corrected chi connectivity index (χ1v) is 23.4. The van der Waals surface area contributed by atoms with E-state index in [1.54, 1.807) is 73.5 Å². The van der Waals surface area contributed by atoms with Crippen molar-refractivity contribution < 1.29 is 36.4 Å². The summed E-state index contributed by atoms with van der Waals surface area (Å²) in [5, 5.41) is 0. The molecule has 8 rings (SSSR count). The second-order valence-electron chi connectivity index (χ2n) is 15.8. The van der Waals surface area contributed by atoms with Crippen LogP contribution in [0, 0.1) is 6.92 Å². The van der Waals surface area contributed by atoms with E-state index < -0.39 is 48.5 Å². The van der Waals surface area contributed by atoms with Crippen LogP contribution < -0.4 is 15.0 Å². The van der Waals surface area contributed by atoms with Crippen LogP contribution in [0.2, 0.25) is 0 Å². The third-order valence-electron chi connectivity index (χ3n) is 11.5. The highest BCUT2D eigenvalue weighted by Gasteiger charge is 2.51. The van der Waals surface area contributed by atoms with Crippen molar-refractivity contribution in [3.8, 4) is 11.5 Å². The molecule has 0 N–H and O–H groups in total. The fraction of sp³-hybridized carbons (Fsp3) is 0.370. The smallest absolute Gasteiger partial charge is 0.277 e. The number of aromatic nitrogens is 2. The molecule has 0 unspecified atom stereocenters. The van der Waals surface area contributed by atoms with Crippen LogP contribution in [0.15, 0.2) is 130 Å². The molecule has 3 saturated heterocycles. The Hall–Kier alpha value is -4.99. The van der Waals surface area contributed by atoms with E-state index in [2.05, 4.69) is 14.6 Å². The summed E-state index contributed by atoms with van der Waals surface area (Å²) in [6, 6.07) is 34.0. The van der Waals surface area contributed by atoms with Gasteiger partial charge in [-0.25, -0.2) is 18.1 Å². The summed E-state index contributed by atoms with van der Waals surface area (Å²) >= 11 is 0. The fourth-order valence-corrected chi connectivity index (χ4v) is 11.9. The molecule has 4 aromatic carbocycles. The number of methoxy groups -OCH3 is 2. The van der Waals surface area contributed by atoms with Crippen molar-refractivity contribution in [2.45, 2.75) is 67.3 Å². The number of hydrogen-bond donors (Lipinski definition) is 0. The first-order chi connectivity index (χ1) is 30.0. The van der Waals surface area contributed by atoms with Gasteiger partial charge < -0.3 is 32.9 Å². The van der Waals surface area contributed by atoms with E-state index in [0.29, 0.717) is 30.0 Å².